The van der Waals surface area contributed by atoms with Crippen LogP contribution in [0.25, 0.3) is 0 Å². The number of aliphatic carboxylic acids is 1. The molecular formula is C28H32N2O4. The van der Waals surface area contributed by atoms with E-state index in [1.807, 2.05) is 48.5 Å². The molecule has 178 valence electrons. The van der Waals surface area contributed by atoms with Gasteiger partial charge in [0.2, 0.25) is 0 Å². The SMILES string of the molecule is CNC(CC(=O)O)c1ccc(OCc2ccc(OCC(=N)C3=CC4=C(CCC4)CC3)cc2)cc1. The second kappa shape index (κ2) is 11.2. The fraction of sp³-hybridized carbons (Fsp3) is 0.357. The molecule has 1 unspecified atom stereocenters. The van der Waals surface area contributed by atoms with Crippen molar-refractivity contribution >= 4 is 11.7 Å². The summed E-state index contributed by atoms with van der Waals surface area (Å²) < 4.78 is 11.7. The molecule has 6 heteroatoms. The van der Waals surface area contributed by atoms with Crippen molar-refractivity contribution in [1.29, 1.82) is 5.41 Å². The third-order valence-electron chi connectivity index (χ3n) is 6.53. The van der Waals surface area contributed by atoms with Crippen LogP contribution in [0.4, 0.5) is 0 Å². The molecule has 0 saturated heterocycles. The predicted molar refractivity (Wildman–Crippen MR) is 133 cm³/mol. The quantitative estimate of drug-likeness (QED) is 0.380. The molecule has 0 fully saturated rings. The number of hydrogen-bond acceptors (Lipinski definition) is 5. The molecule has 0 saturated carbocycles. The molecular weight excluding hydrogens is 428 g/mol. The third-order valence-corrected chi connectivity index (χ3v) is 6.53. The van der Waals surface area contributed by atoms with Gasteiger partial charge in [0, 0.05) is 6.04 Å². The monoisotopic (exact) mass is 460 g/mol. The summed E-state index contributed by atoms with van der Waals surface area (Å²) in [5.41, 5.74) is 6.65. The van der Waals surface area contributed by atoms with Crippen LogP contribution in [-0.2, 0) is 11.4 Å². The van der Waals surface area contributed by atoms with Crippen LogP contribution < -0.4 is 14.8 Å². The fourth-order valence-electron chi connectivity index (χ4n) is 4.55. The molecule has 0 bridgehead atoms. The maximum atomic E-state index is 11.0. The van der Waals surface area contributed by atoms with Crippen molar-refractivity contribution < 1.29 is 19.4 Å². The number of ether oxygens (including phenoxy) is 2. The highest BCUT2D eigenvalue weighted by atomic mass is 16.5. The first-order valence-corrected chi connectivity index (χ1v) is 11.8. The lowest BCUT2D eigenvalue weighted by Crippen LogP contribution is -2.19. The minimum Gasteiger partial charge on any atom is -0.489 e. The summed E-state index contributed by atoms with van der Waals surface area (Å²) in [7, 11) is 1.75. The van der Waals surface area contributed by atoms with Gasteiger partial charge in [-0.15, -0.1) is 0 Å². The second-order valence-electron chi connectivity index (χ2n) is 8.86. The zero-order chi connectivity index (χ0) is 23.9. The number of allylic oxidation sites excluding steroid dienone is 3. The van der Waals surface area contributed by atoms with E-state index in [1.54, 1.807) is 12.6 Å². The van der Waals surface area contributed by atoms with Gasteiger partial charge in [0.25, 0.3) is 0 Å². The van der Waals surface area contributed by atoms with Gasteiger partial charge in [-0.2, -0.15) is 0 Å². The molecule has 0 amide bonds. The summed E-state index contributed by atoms with van der Waals surface area (Å²) in [5.74, 6) is 0.630. The van der Waals surface area contributed by atoms with Gasteiger partial charge in [0.15, 0.2) is 0 Å². The molecule has 0 heterocycles. The number of benzene rings is 2. The van der Waals surface area contributed by atoms with Crippen LogP contribution in [0, 0.1) is 5.41 Å². The standard InChI is InChI=1S/C28H32N2O4/c1-30-27(16-28(31)32)21-9-13-25(14-10-21)33-17-19-5-11-24(12-6-19)34-18-26(29)23-8-7-20-3-2-4-22(20)15-23/h5-6,9-15,27,29-30H,2-4,7-8,16-18H2,1H3,(H,31,32). The molecule has 0 aromatic heterocycles. The van der Waals surface area contributed by atoms with Gasteiger partial charge in [-0.1, -0.05) is 35.9 Å². The molecule has 1 atom stereocenters. The van der Waals surface area contributed by atoms with Crippen LogP contribution in [0.2, 0.25) is 0 Å². The minimum absolute atomic E-state index is 0.0290. The highest BCUT2D eigenvalue weighted by Crippen LogP contribution is 2.36. The average Bonchev–Trinajstić information content (AvgIpc) is 3.33. The van der Waals surface area contributed by atoms with Gasteiger partial charge in [0.1, 0.15) is 24.7 Å². The van der Waals surface area contributed by atoms with Crippen LogP contribution in [0.1, 0.15) is 55.7 Å². The Kier molecular flexibility index (Phi) is 7.80. The van der Waals surface area contributed by atoms with Crippen molar-refractivity contribution in [2.75, 3.05) is 13.7 Å². The molecule has 2 aliphatic carbocycles. The lowest BCUT2D eigenvalue weighted by molar-refractivity contribution is -0.137. The molecule has 3 N–H and O–H groups in total. The van der Waals surface area contributed by atoms with E-state index >= 15 is 0 Å². The van der Waals surface area contributed by atoms with Crippen LogP contribution in [-0.4, -0.2) is 30.4 Å². The topological polar surface area (TPSA) is 91.6 Å². The number of hydrogen-bond donors (Lipinski definition) is 3. The van der Waals surface area contributed by atoms with E-state index < -0.39 is 5.97 Å². The van der Waals surface area contributed by atoms with Gasteiger partial charge in [0.05, 0.1) is 12.1 Å². The van der Waals surface area contributed by atoms with Crippen LogP contribution in [0.5, 0.6) is 11.5 Å². The number of rotatable bonds is 11. The molecule has 2 aromatic rings. The molecule has 0 aliphatic heterocycles. The Morgan fingerprint density at radius 1 is 1.00 bits per heavy atom. The van der Waals surface area contributed by atoms with Crippen molar-refractivity contribution in [2.45, 2.75) is 51.2 Å². The Bertz CT molecular complexity index is 1080. The minimum atomic E-state index is -0.838. The Morgan fingerprint density at radius 3 is 2.41 bits per heavy atom. The van der Waals surface area contributed by atoms with Crippen molar-refractivity contribution in [1.82, 2.24) is 5.32 Å². The normalized spacial score (nSPS) is 16.0. The zero-order valence-electron chi connectivity index (χ0n) is 19.6. The molecule has 2 aromatic carbocycles. The smallest absolute Gasteiger partial charge is 0.305 e. The molecule has 4 rings (SSSR count). The molecule has 0 spiro atoms. The van der Waals surface area contributed by atoms with Crippen molar-refractivity contribution in [3.63, 3.8) is 0 Å². The number of carbonyl (C=O) groups is 1. The van der Waals surface area contributed by atoms with E-state index in [9.17, 15) is 4.79 Å². The summed E-state index contributed by atoms with van der Waals surface area (Å²) in [6, 6.07) is 15.0. The Labute approximate surface area is 200 Å². The number of nitrogens with one attached hydrogen (secondary N) is 2. The molecule has 6 nitrogen and oxygen atoms in total. The van der Waals surface area contributed by atoms with Crippen molar-refractivity contribution in [2.24, 2.45) is 0 Å². The van der Waals surface area contributed by atoms with Gasteiger partial charge in [-0.3, -0.25) is 4.79 Å². The van der Waals surface area contributed by atoms with Crippen molar-refractivity contribution in [3.05, 3.63) is 82.5 Å². The predicted octanol–water partition coefficient (Wildman–Crippen LogP) is 5.60. The largest absolute Gasteiger partial charge is 0.489 e. The van der Waals surface area contributed by atoms with E-state index in [0.29, 0.717) is 12.3 Å². The molecule has 2 aliphatic rings. The highest BCUT2D eigenvalue weighted by Gasteiger charge is 2.20. The first-order chi connectivity index (χ1) is 16.5. The zero-order valence-corrected chi connectivity index (χ0v) is 19.6. The second-order valence-corrected chi connectivity index (χ2v) is 8.86. The van der Waals surface area contributed by atoms with Crippen LogP contribution in [0.15, 0.2) is 71.3 Å². The maximum Gasteiger partial charge on any atom is 0.305 e. The summed E-state index contributed by atoms with van der Waals surface area (Å²) in [6.45, 7) is 0.705. The lowest BCUT2D eigenvalue weighted by atomic mass is 9.92. The molecule has 0 radical (unpaired) electrons. The summed E-state index contributed by atoms with van der Waals surface area (Å²) >= 11 is 0. The summed E-state index contributed by atoms with van der Waals surface area (Å²) in [4.78, 5) is 11.0. The van der Waals surface area contributed by atoms with Crippen LogP contribution in [0.3, 0.4) is 0 Å². The third kappa shape index (κ3) is 6.14. The maximum absolute atomic E-state index is 11.0. The average molecular weight is 461 g/mol. The summed E-state index contributed by atoms with van der Waals surface area (Å²) in [6.07, 6.45) is 7.93. The van der Waals surface area contributed by atoms with Gasteiger partial charge >= 0.3 is 5.97 Å². The first-order valence-electron chi connectivity index (χ1n) is 11.8. The van der Waals surface area contributed by atoms with E-state index in [1.165, 1.54) is 18.4 Å². The van der Waals surface area contributed by atoms with E-state index in [2.05, 4.69) is 11.4 Å². The van der Waals surface area contributed by atoms with Gasteiger partial charge in [-0.05, 0) is 85.7 Å². The van der Waals surface area contributed by atoms with E-state index in [4.69, 9.17) is 20.0 Å². The fourth-order valence-corrected chi connectivity index (χ4v) is 4.55. The van der Waals surface area contributed by atoms with Gasteiger partial charge < -0.3 is 25.3 Å². The number of carboxylic acid groups (broad SMARTS) is 1. The van der Waals surface area contributed by atoms with Crippen LogP contribution >= 0.6 is 0 Å². The Balaban J connectivity index is 1.25. The lowest BCUT2D eigenvalue weighted by Gasteiger charge is -2.17. The number of carboxylic acids is 1. The summed E-state index contributed by atoms with van der Waals surface area (Å²) in [5, 5.41) is 20.5. The Hall–Kier alpha value is -3.38. The van der Waals surface area contributed by atoms with E-state index in [-0.39, 0.29) is 19.1 Å². The first kappa shape index (κ1) is 23.8. The Morgan fingerprint density at radius 2 is 1.71 bits per heavy atom. The van der Waals surface area contributed by atoms with Gasteiger partial charge in [-0.25, -0.2) is 0 Å². The highest BCUT2D eigenvalue weighted by molar-refractivity contribution is 5.99. The molecule has 34 heavy (non-hydrogen) atoms. The van der Waals surface area contributed by atoms with Crippen molar-refractivity contribution in [3.8, 4) is 11.5 Å². The van der Waals surface area contributed by atoms with E-state index in [0.717, 1.165) is 47.5 Å².